The van der Waals surface area contributed by atoms with Gasteiger partial charge in [0.15, 0.2) is 0 Å². The maximum absolute atomic E-state index is 6.44. The van der Waals surface area contributed by atoms with Crippen molar-refractivity contribution in [3.8, 4) is 0 Å². The molecule has 1 atom stereocenters. The molecule has 0 aliphatic carbocycles. The molecule has 0 saturated carbocycles. The van der Waals surface area contributed by atoms with E-state index in [1.807, 2.05) is 13.0 Å². The van der Waals surface area contributed by atoms with Crippen molar-refractivity contribution >= 4 is 17.3 Å². The molecule has 2 nitrogen and oxygen atoms in total. The highest BCUT2D eigenvalue weighted by Crippen LogP contribution is 2.29. The highest BCUT2D eigenvalue weighted by atomic mass is 35.5. The van der Waals surface area contributed by atoms with Crippen molar-refractivity contribution in [3.63, 3.8) is 0 Å². The van der Waals surface area contributed by atoms with Crippen LogP contribution in [0.1, 0.15) is 46.2 Å². The zero-order valence-electron chi connectivity index (χ0n) is 12.8. The number of anilines is 1. The van der Waals surface area contributed by atoms with Gasteiger partial charge in [0.05, 0.1) is 10.7 Å². The van der Waals surface area contributed by atoms with E-state index in [2.05, 4.69) is 44.7 Å². The van der Waals surface area contributed by atoms with E-state index >= 15 is 0 Å². The molecular formula is C16H27ClN2. The van der Waals surface area contributed by atoms with Crippen LogP contribution in [0.5, 0.6) is 0 Å². The molecule has 1 aromatic rings. The van der Waals surface area contributed by atoms with Crippen molar-refractivity contribution in [2.24, 2.45) is 17.6 Å². The number of nitrogens with two attached hydrogens (primary N) is 1. The predicted molar refractivity (Wildman–Crippen MR) is 85.9 cm³/mol. The third kappa shape index (κ3) is 5.04. The van der Waals surface area contributed by atoms with Gasteiger partial charge in [0.1, 0.15) is 0 Å². The van der Waals surface area contributed by atoms with Gasteiger partial charge in [-0.2, -0.15) is 0 Å². The zero-order valence-corrected chi connectivity index (χ0v) is 13.5. The van der Waals surface area contributed by atoms with Crippen LogP contribution in [0, 0.1) is 11.8 Å². The van der Waals surface area contributed by atoms with Crippen molar-refractivity contribution in [1.82, 2.24) is 0 Å². The first-order chi connectivity index (χ1) is 8.81. The van der Waals surface area contributed by atoms with E-state index in [9.17, 15) is 0 Å². The van der Waals surface area contributed by atoms with Crippen LogP contribution in [-0.2, 0) is 0 Å². The number of rotatable bonds is 6. The minimum Gasteiger partial charge on any atom is -0.370 e. The Hall–Kier alpha value is -0.730. The van der Waals surface area contributed by atoms with E-state index in [1.54, 1.807) is 0 Å². The Morgan fingerprint density at radius 2 is 1.58 bits per heavy atom. The minimum absolute atomic E-state index is 0.0233. The topological polar surface area (TPSA) is 29.3 Å². The second-order valence-electron chi connectivity index (χ2n) is 6.19. The van der Waals surface area contributed by atoms with E-state index in [0.717, 1.165) is 29.4 Å². The molecule has 3 heteroatoms. The Balaban J connectivity index is 3.01. The van der Waals surface area contributed by atoms with Crippen LogP contribution in [-0.4, -0.2) is 13.1 Å². The molecule has 108 valence electrons. The molecule has 1 rings (SSSR count). The van der Waals surface area contributed by atoms with Gasteiger partial charge in [0.2, 0.25) is 0 Å². The van der Waals surface area contributed by atoms with Crippen molar-refractivity contribution in [1.29, 1.82) is 0 Å². The molecule has 19 heavy (non-hydrogen) atoms. The molecule has 1 aromatic carbocycles. The normalized spacial score (nSPS) is 13.1. The van der Waals surface area contributed by atoms with Gasteiger partial charge in [0.25, 0.3) is 0 Å². The second kappa shape index (κ2) is 7.16. The van der Waals surface area contributed by atoms with Crippen molar-refractivity contribution < 1.29 is 0 Å². The first kappa shape index (κ1) is 16.3. The SMILES string of the molecule is CC(C)CN(CC(C)C)c1ccc(C(C)N)cc1Cl. The minimum atomic E-state index is 0.0233. The molecule has 2 N–H and O–H groups in total. The molecule has 0 saturated heterocycles. The number of hydrogen-bond acceptors (Lipinski definition) is 2. The number of benzene rings is 1. The summed E-state index contributed by atoms with van der Waals surface area (Å²) in [4.78, 5) is 2.38. The third-order valence-electron chi connectivity index (χ3n) is 3.01. The second-order valence-corrected chi connectivity index (χ2v) is 6.60. The quantitative estimate of drug-likeness (QED) is 0.834. The molecule has 0 spiro atoms. The van der Waals surface area contributed by atoms with E-state index in [1.165, 1.54) is 0 Å². The van der Waals surface area contributed by atoms with Crippen molar-refractivity contribution in [2.45, 2.75) is 40.7 Å². The molecule has 0 aromatic heterocycles. The largest absolute Gasteiger partial charge is 0.370 e. The van der Waals surface area contributed by atoms with E-state index < -0.39 is 0 Å². The first-order valence-corrected chi connectivity index (χ1v) is 7.49. The summed E-state index contributed by atoms with van der Waals surface area (Å²) in [6, 6.07) is 6.20. The summed E-state index contributed by atoms with van der Waals surface area (Å²) >= 11 is 6.44. The lowest BCUT2D eigenvalue weighted by Crippen LogP contribution is -2.31. The Kier molecular flexibility index (Phi) is 6.15. The smallest absolute Gasteiger partial charge is 0.0642 e. The van der Waals surface area contributed by atoms with Gasteiger partial charge >= 0.3 is 0 Å². The van der Waals surface area contributed by atoms with E-state index in [4.69, 9.17) is 17.3 Å². The lowest BCUT2D eigenvalue weighted by atomic mass is 10.1. The van der Waals surface area contributed by atoms with Crippen molar-refractivity contribution in [3.05, 3.63) is 28.8 Å². The standard InChI is InChI=1S/C16H27ClN2/c1-11(2)9-19(10-12(3)4)16-7-6-14(13(5)18)8-15(16)17/h6-8,11-13H,9-10,18H2,1-5H3. The molecule has 0 aliphatic rings. The van der Waals surface area contributed by atoms with Crippen LogP contribution in [0.3, 0.4) is 0 Å². The molecular weight excluding hydrogens is 256 g/mol. The van der Waals surface area contributed by atoms with Crippen LogP contribution in [0.15, 0.2) is 18.2 Å². The van der Waals surface area contributed by atoms with Gasteiger partial charge in [-0.05, 0) is 36.5 Å². The van der Waals surface area contributed by atoms with Crippen LogP contribution in [0.2, 0.25) is 5.02 Å². The Morgan fingerprint density at radius 3 is 1.95 bits per heavy atom. The van der Waals surface area contributed by atoms with Gasteiger partial charge in [-0.25, -0.2) is 0 Å². The zero-order chi connectivity index (χ0) is 14.6. The van der Waals surface area contributed by atoms with Gasteiger partial charge in [-0.3, -0.25) is 0 Å². The maximum Gasteiger partial charge on any atom is 0.0642 e. The van der Waals surface area contributed by atoms with Crippen LogP contribution >= 0.6 is 11.6 Å². The Bertz CT molecular complexity index is 390. The fourth-order valence-corrected chi connectivity index (χ4v) is 2.52. The lowest BCUT2D eigenvalue weighted by Gasteiger charge is -2.29. The molecule has 1 unspecified atom stereocenters. The summed E-state index contributed by atoms with van der Waals surface area (Å²) in [6.07, 6.45) is 0. The molecule has 0 amide bonds. The van der Waals surface area contributed by atoms with Crippen LogP contribution < -0.4 is 10.6 Å². The summed E-state index contributed by atoms with van der Waals surface area (Å²) in [7, 11) is 0. The van der Waals surface area contributed by atoms with Gasteiger partial charge in [0, 0.05) is 19.1 Å². The van der Waals surface area contributed by atoms with Gasteiger partial charge in [-0.15, -0.1) is 0 Å². The third-order valence-corrected chi connectivity index (χ3v) is 3.31. The fraction of sp³-hybridized carbons (Fsp3) is 0.625. The molecule has 0 aliphatic heterocycles. The average Bonchev–Trinajstić information content (AvgIpc) is 2.26. The number of nitrogens with zero attached hydrogens (tertiary/aromatic N) is 1. The van der Waals surface area contributed by atoms with E-state index in [-0.39, 0.29) is 6.04 Å². The van der Waals surface area contributed by atoms with Gasteiger partial charge in [-0.1, -0.05) is 45.4 Å². The molecule has 0 radical (unpaired) electrons. The highest BCUT2D eigenvalue weighted by molar-refractivity contribution is 6.33. The summed E-state index contributed by atoms with van der Waals surface area (Å²) < 4.78 is 0. The molecule has 0 heterocycles. The summed E-state index contributed by atoms with van der Waals surface area (Å²) in [6.45, 7) is 13.0. The van der Waals surface area contributed by atoms with Gasteiger partial charge < -0.3 is 10.6 Å². The average molecular weight is 283 g/mol. The van der Waals surface area contributed by atoms with E-state index in [0.29, 0.717) is 11.8 Å². The fourth-order valence-electron chi connectivity index (χ4n) is 2.22. The predicted octanol–water partition coefficient (Wildman–Crippen LogP) is 4.48. The van der Waals surface area contributed by atoms with Crippen LogP contribution in [0.4, 0.5) is 5.69 Å². The number of halogens is 1. The molecule has 0 bridgehead atoms. The van der Waals surface area contributed by atoms with Crippen LogP contribution in [0.25, 0.3) is 0 Å². The number of hydrogen-bond donors (Lipinski definition) is 1. The highest BCUT2D eigenvalue weighted by Gasteiger charge is 2.14. The first-order valence-electron chi connectivity index (χ1n) is 7.11. The molecule has 0 fully saturated rings. The Morgan fingerprint density at radius 1 is 1.05 bits per heavy atom. The van der Waals surface area contributed by atoms with Crippen molar-refractivity contribution in [2.75, 3.05) is 18.0 Å². The lowest BCUT2D eigenvalue weighted by molar-refractivity contribution is 0.552. The monoisotopic (exact) mass is 282 g/mol. The summed E-state index contributed by atoms with van der Waals surface area (Å²) in [5.41, 5.74) is 8.10. The summed E-state index contributed by atoms with van der Waals surface area (Å²) in [5.74, 6) is 1.23. The Labute approximate surface area is 122 Å². The maximum atomic E-state index is 6.44. The summed E-state index contributed by atoms with van der Waals surface area (Å²) in [5, 5.41) is 0.802.